The Bertz CT molecular complexity index is 1040. The van der Waals surface area contributed by atoms with E-state index >= 15 is 0 Å². The molecule has 7 nitrogen and oxygen atoms in total. The summed E-state index contributed by atoms with van der Waals surface area (Å²) in [5.74, 6) is -1.42. The van der Waals surface area contributed by atoms with E-state index in [4.69, 9.17) is 4.74 Å². The fourth-order valence-electron chi connectivity index (χ4n) is 4.94. The minimum atomic E-state index is -0.988. The number of rotatable bonds is 6. The number of hydrogen-bond donors (Lipinski definition) is 2. The second kappa shape index (κ2) is 8.89. The number of nitrogens with one attached hydrogen (secondary N) is 1. The van der Waals surface area contributed by atoms with Crippen LogP contribution in [0.25, 0.3) is 11.1 Å². The van der Waals surface area contributed by atoms with E-state index < -0.39 is 23.5 Å². The summed E-state index contributed by atoms with van der Waals surface area (Å²) in [5, 5.41) is 12.3. The number of fused-ring (bicyclic) bond motifs is 3. The van der Waals surface area contributed by atoms with Gasteiger partial charge >= 0.3 is 12.1 Å². The van der Waals surface area contributed by atoms with Crippen LogP contribution in [0.3, 0.4) is 0 Å². The molecule has 1 aliphatic heterocycles. The van der Waals surface area contributed by atoms with E-state index in [9.17, 15) is 19.5 Å². The van der Waals surface area contributed by atoms with Crippen molar-refractivity contribution in [1.29, 1.82) is 0 Å². The summed E-state index contributed by atoms with van der Waals surface area (Å²) in [5.41, 5.74) is 3.54. The van der Waals surface area contributed by atoms with E-state index in [1.54, 1.807) is 6.92 Å². The fourth-order valence-corrected chi connectivity index (χ4v) is 4.94. The molecular formula is C26H30N2O5. The van der Waals surface area contributed by atoms with Crippen molar-refractivity contribution >= 4 is 18.0 Å². The van der Waals surface area contributed by atoms with Gasteiger partial charge < -0.3 is 20.1 Å². The van der Waals surface area contributed by atoms with E-state index in [-0.39, 0.29) is 30.9 Å². The maximum atomic E-state index is 13.0. The van der Waals surface area contributed by atoms with Crippen LogP contribution in [0, 0.1) is 11.3 Å². The fraction of sp³-hybridized carbons (Fsp3) is 0.423. The molecule has 0 bridgehead atoms. The topological polar surface area (TPSA) is 95.9 Å². The number of amides is 2. The first-order valence-corrected chi connectivity index (χ1v) is 11.4. The van der Waals surface area contributed by atoms with Gasteiger partial charge in [0, 0.05) is 19.0 Å². The van der Waals surface area contributed by atoms with Crippen molar-refractivity contribution in [3.8, 4) is 11.1 Å². The van der Waals surface area contributed by atoms with Gasteiger partial charge in [-0.15, -0.1) is 0 Å². The third-order valence-corrected chi connectivity index (χ3v) is 7.24. The number of carbonyl (C=O) groups excluding carboxylic acids is 2. The van der Waals surface area contributed by atoms with Gasteiger partial charge in [0.15, 0.2) is 0 Å². The van der Waals surface area contributed by atoms with Crippen LogP contribution >= 0.6 is 0 Å². The molecule has 33 heavy (non-hydrogen) atoms. The van der Waals surface area contributed by atoms with Gasteiger partial charge in [-0.05, 0) is 41.5 Å². The predicted molar refractivity (Wildman–Crippen MR) is 124 cm³/mol. The Hall–Kier alpha value is -3.35. The molecule has 7 heteroatoms. The van der Waals surface area contributed by atoms with E-state index in [0.29, 0.717) is 13.0 Å². The zero-order chi connectivity index (χ0) is 23.8. The molecule has 1 heterocycles. The maximum Gasteiger partial charge on any atom is 0.407 e. The van der Waals surface area contributed by atoms with E-state index in [1.165, 1.54) is 4.90 Å². The molecular weight excluding hydrogens is 420 g/mol. The highest BCUT2D eigenvalue weighted by Crippen LogP contribution is 2.44. The first kappa shape index (κ1) is 22.8. The van der Waals surface area contributed by atoms with Gasteiger partial charge in [-0.2, -0.15) is 0 Å². The smallest absolute Gasteiger partial charge is 0.407 e. The largest absolute Gasteiger partial charge is 0.481 e. The Kier molecular flexibility index (Phi) is 6.15. The van der Waals surface area contributed by atoms with Gasteiger partial charge in [0.05, 0.1) is 5.41 Å². The summed E-state index contributed by atoms with van der Waals surface area (Å²) in [6, 6.07) is 15.4. The van der Waals surface area contributed by atoms with Crippen molar-refractivity contribution < 1.29 is 24.2 Å². The number of alkyl carbamates (subject to hydrolysis) is 1. The SMILES string of the molecule is CC[C@H](NC(=O)OCC1c2ccccc2-c2ccccc21)C(=O)N1CC(C)C(C)(C(=O)O)C1. The van der Waals surface area contributed by atoms with Crippen LogP contribution in [0.5, 0.6) is 0 Å². The number of aliphatic carboxylic acids is 1. The Balaban J connectivity index is 1.40. The van der Waals surface area contributed by atoms with Crippen molar-refractivity contribution in [3.05, 3.63) is 59.7 Å². The monoisotopic (exact) mass is 450 g/mol. The van der Waals surface area contributed by atoms with Gasteiger partial charge in [0.2, 0.25) is 5.91 Å². The molecule has 2 aromatic rings. The number of ether oxygens (including phenoxy) is 1. The summed E-state index contributed by atoms with van der Waals surface area (Å²) in [4.78, 5) is 38.8. The van der Waals surface area contributed by atoms with Crippen LogP contribution in [0.4, 0.5) is 4.79 Å². The number of likely N-dealkylation sites (tertiary alicyclic amines) is 1. The number of carbonyl (C=O) groups is 3. The van der Waals surface area contributed by atoms with Crippen LogP contribution in [0.15, 0.2) is 48.5 Å². The van der Waals surface area contributed by atoms with Crippen LogP contribution in [-0.2, 0) is 14.3 Å². The molecule has 2 unspecified atom stereocenters. The molecule has 1 fully saturated rings. The summed E-state index contributed by atoms with van der Waals surface area (Å²) >= 11 is 0. The predicted octanol–water partition coefficient (Wildman–Crippen LogP) is 3.87. The Labute approximate surface area is 193 Å². The molecule has 1 saturated heterocycles. The molecule has 2 aliphatic rings. The first-order chi connectivity index (χ1) is 15.8. The quantitative estimate of drug-likeness (QED) is 0.697. The Morgan fingerprint density at radius 3 is 2.21 bits per heavy atom. The molecule has 174 valence electrons. The number of carboxylic acids is 1. The van der Waals surface area contributed by atoms with Crippen molar-refractivity contribution in [3.63, 3.8) is 0 Å². The lowest BCUT2D eigenvalue weighted by atomic mass is 9.81. The van der Waals surface area contributed by atoms with Crippen LogP contribution < -0.4 is 5.32 Å². The molecule has 0 saturated carbocycles. The van der Waals surface area contributed by atoms with E-state index in [1.807, 2.05) is 50.2 Å². The molecule has 0 radical (unpaired) electrons. The highest BCUT2D eigenvalue weighted by Gasteiger charge is 2.48. The molecule has 0 spiro atoms. The lowest BCUT2D eigenvalue weighted by molar-refractivity contribution is -0.149. The highest BCUT2D eigenvalue weighted by atomic mass is 16.5. The Morgan fingerprint density at radius 2 is 1.70 bits per heavy atom. The lowest BCUT2D eigenvalue weighted by Crippen LogP contribution is -2.48. The average molecular weight is 451 g/mol. The number of hydrogen-bond acceptors (Lipinski definition) is 4. The van der Waals surface area contributed by atoms with Crippen LogP contribution in [-0.4, -0.2) is 53.7 Å². The maximum absolute atomic E-state index is 13.0. The molecule has 3 atom stereocenters. The Morgan fingerprint density at radius 1 is 1.12 bits per heavy atom. The van der Waals surface area contributed by atoms with Crippen molar-refractivity contribution in [2.45, 2.75) is 39.2 Å². The van der Waals surface area contributed by atoms with Gasteiger partial charge in [-0.3, -0.25) is 9.59 Å². The second-order valence-corrected chi connectivity index (χ2v) is 9.27. The third kappa shape index (κ3) is 4.08. The van der Waals surface area contributed by atoms with Crippen molar-refractivity contribution in [2.24, 2.45) is 11.3 Å². The summed E-state index contributed by atoms with van der Waals surface area (Å²) < 4.78 is 5.57. The lowest BCUT2D eigenvalue weighted by Gasteiger charge is -2.25. The minimum absolute atomic E-state index is 0.0605. The summed E-state index contributed by atoms with van der Waals surface area (Å²) in [6.45, 7) is 5.95. The third-order valence-electron chi connectivity index (χ3n) is 7.24. The van der Waals surface area contributed by atoms with Gasteiger partial charge in [-0.25, -0.2) is 4.79 Å². The summed E-state index contributed by atoms with van der Waals surface area (Å²) in [7, 11) is 0. The molecule has 4 rings (SSSR count). The molecule has 1 aliphatic carbocycles. The number of carboxylic acid groups (broad SMARTS) is 1. The minimum Gasteiger partial charge on any atom is -0.481 e. The zero-order valence-electron chi connectivity index (χ0n) is 19.2. The van der Waals surface area contributed by atoms with Gasteiger partial charge in [0.1, 0.15) is 12.6 Å². The normalized spacial score (nSPS) is 22.4. The molecule has 2 amide bonds. The number of benzene rings is 2. The zero-order valence-corrected chi connectivity index (χ0v) is 19.2. The summed E-state index contributed by atoms with van der Waals surface area (Å²) in [6.07, 6.45) is -0.261. The average Bonchev–Trinajstić information content (AvgIpc) is 3.30. The van der Waals surface area contributed by atoms with Crippen LogP contribution in [0.1, 0.15) is 44.2 Å². The molecule has 0 aromatic heterocycles. The van der Waals surface area contributed by atoms with E-state index in [2.05, 4.69) is 17.4 Å². The van der Waals surface area contributed by atoms with Crippen LogP contribution in [0.2, 0.25) is 0 Å². The molecule has 2 aromatic carbocycles. The highest BCUT2D eigenvalue weighted by molar-refractivity contribution is 5.87. The van der Waals surface area contributed by atoms with Gasteiger partial charge in [-0.1, -0.05) is 62.4 Å². The second-order valence-electron chi connectivity index (χ2n) is 9.27. The number of nitrogens with zero attached hydrogens (tertiary/aromatic N) is 1. The van der Waals surface area contributed by atoms with Crippen molar-refractivity contribution in [2.75, 3.05) is 19.7 Å². The first-order valence-electron chi connectivity index (χ1n) is 11.4. The van der Waals surface area contributed by atoms with Crippen molar-refractivity contribution in [1.82, 2.24) is 10.2 Å². The standard InChI is InChI=1S/C26H30N2O5/c1-4-22(23(29)28-13-16(2)26(3,15-28)24(30)31)27-25(32)33-14-21-19-11-7-5-9-17(19)18-10-6-8-12-20(18)21/h5-12,16,21-22H,4,13-15H2,1-3H3,(H,27,32)(H,30,31)/t16?,22-,26?/m0/s1. The van der Waals surface area contributed by atoms with E-state index in [0.717, 1.165) is 22.3 Å². The molecule has 2 N–H and O–H groups in total. The van der Waals surface area contributed by atoms with Gasteiger partial charge in [0.25, 0.3) is 0 Å².